The number of hydrogen-bond donors (Lipinski definition) is 1. The average molecular weight is 304 g/mol. The molecule has 1 atom stereocenters. The summed E-state index contributed by atoms with van der Waals surface area (Å²) in [6, 6.07) is 2.34. The normalized spacial score (nSPS) is 22.6. The van der Waals surface area contributed by atoms with Crippen LogP contribution < -0.4 is 5.69 Å². The Morgan fingerprint density at radius 2 is 2.14 bits per heavy atom. The van der Waals surface area contributed by atoms with Gasteiger partial charge in [-0.15, -0.1) is 0 Å². The lowest BCUT2D eigenvalue weighted by molar-refractivity contribution is -0.133. The highest BCUT2D eigenvalue weighted by molar-refractivity contribution is 5.79. The van der Waals surface area contributed by atoms with Gasteiger partial charge >= 0.3 is 5.69 Å². The van der Waals surface area contributed by atoms with Crippen molar-refractivity contribution in [2.24, 2.45) is 0 Å². The van der Waals surface area contributed by atoms with Gasteiger partial charge in [-0.1, -0.05) is 12.8 Å². The summed E-state index contributed by atoms with van der Waals surface area (Å²) in [4.78, 5) is 34.6. The first-order valence-corrected chi connectivity index (χ1v) is 8.20. The number of amides is 1. The molecule has 1 amide bonds. The minimum absolute atomic E-state index is 0.0137. The highest BCUT2D eigenvalue weighted by Crippen LogP contribution is 2.30. The molecule has 0 unspecified atom stereocenters. The van der Waals surface area contributed by atoms with Crippen LogP contribution >= 0.6 is 0 Å². The molecule has 1 aliphatic carbocycles. The van der Waals surface area contributed by atoms with Crippen LogP contribution in [0.15, 0.2) is 17.1 Å². The summed E-state index contributed by atoms with van der Waals surface area (Å²) >= 11 is 0. The van der Waals surface area contributed by atoms with Crippen LogP contribution in [0, 0.1) is 0 Å². The minimum Gasteiger partial charge on any atom is -0.333 e. The molecule has 1 N–H and O–H groups in total. The molecule has 3 rings (SSSR count). The van der Waals surface area contributed by atoms with E-state index in [0.717, 1.165) is 25.1 Å². The Labute approximate surface area is 130 Å². The lowest BCUT2D eigenvalue weighted by atomic mass is 10.1. The van der Waals surface area contributed by atoms with Gasteiger partial charge in [-0.3, -0.25) is 9.69 Å². The fraction of sp³-hybridized carbons (Fsp3) is 0.688. The minimum atomic E-state index is -0.347. The average Bonchev–Trinajstić information content (AvgIpc) is 3.18. The van der Waals surface area contributed by atoms with Gasteiger partial charge in [0.15, 0.2) is 0 Å². The third-order valence-corrected chi connectivity index (χ3v) is 4.96. The van der Waals surface area contributed by atoms with Crippen molar-refractivity contribution in [3.63, 3.8) is 0 Å². The molecule has 2 fully saturated rings. The topological polar surface area (TPSA) is 69.3 Å². The second-order valence-electron chi connectivity index (χ2n) is 6.43. The summed E-state index contributed by atoms with van der Waals surface area (Å²) in [5.74, 6) is 0.162. The quantitative estimate of drug-likeness (QED) is 0.910. The molecular weight excluding hydrogens is 280 g/mol. The molecule has 6 nitrogen and oxygen atoms in total. The van der Waals surface area contributed by atoms with Gasteiger partial charge in [0.2, 0.25) is 5.91 Å². The summed E-state index contributed by atoms with van der Waals surface area (Å²) in [5.41, 5.74) is 0.453. The standard InChI is InChI=1S/C16H24N4O2/c1-19(12-5-2-3-6-12)11-15(21)20-10-4-7-14(20)13-8-9-17-16(22)18-13/h8-9,12,14H,2-7,10-11H2,1H3,(H,17,18,22)/t14-/m0/s1. The number of likely N-dealkylation sites (tertiary alicyclic amines) is 1. The zero-order valence-corrected chi connectivity index (χ0v) is 13.1. The van der Waals surface area contributed by atoms with Crippen molar-refractivity contribution >= 4 is 5.91 Å². The van der Waals surface area contributed by atoms with Crippen molar-refractivity contribution in [2.45, 2.75) is 50.6 Å². The van der Waals surface area contributed by atoms with Gasteiger partial charge in [0.05, 0.1) is 12.6 Å². The summed E-state index contributed by atoms with van der Waals surface area (Å²) < 4.78 is 0. The van der Waals surface area contributed by atoms with Gasteiger partial charge in [-0.25, -0.2) is 9.78 Å². The highest BCUT2D eigenvalue weighted by atomic mass is 16.2. The molecule has 1 saturated carbocycles. The first kappa shape index (κ1) is 15.2. The summed E-state index contributed by atoms with van der Waals surface area (Å²) in [6.07, 6.45) is 8.34. The zero-order valence-electron chi connectivity index (χ0n) is 13.1. The van der Waals surface area contributed by atoms with Crippen molar-refractivity contribution in [3.05, 3.63) is 28.4 Å². The van der Waals surface area contributed by atoms with Gasteiger partial charge in [0.25, 0.3) is 0 Å². The van der Waals surface area contributed by atoms with E-state index in [1.807, 2.05) is 11.9 Å². The molecule has 0 bridgehead atoms. The van der Waals surface area contributed by atoms with Crippen LogP contribution in [0.3, 0.4) is 0 Å². The summed E-state index contributed by atoms with van der Waals surface area (Å²) in [6.45, 7) is 1.24. The van der Waals surface area contributed by atoms with E-state index in [0.29, 0.717) is 12.6 Å². The number of hydrogen-bond acceptors (Lipinski definition) is 4. The number of nitrogens with one attached hydrogen (secondary N) is 1. The van der Waals surface area contributed by atoms with E-state index in [2.05, 4.69) is 14.9 Å². The number of carbonyl (C=O) groups is 1. The molecular formula is C16H24N4O2. The predicted octanol–water partition coefficient (Wildman–Crippen LogP) is 1.31. The Hall–Kier alpha value is -1.69. The third kappa shape index (κ3) is 3.21. The first-order valence-electron chi connectivity index (χ1n) is 8.20. The fourth-order valence-electron chi connectivity index (χ4n) is 3.74. The number of rotatable bonds is 4. The van der Waals surface area contributed by atoms with Gasteiger partial charge in [0, 0.05) is 24.5 Å². The molecule has 2 aliphatic rings. The maximum atomic E-state index is 12.7. The molecule has 0 aromatic carbocycles. The third-order valence-electron chi connectivity index (χ3n) is 4.96. The van der Waals surface area contributed by atoms with Crippen molar-refractivity contribution in [1.29, 1.82) is 0 Å². The van der Waals surface area contributed by atoms with Crippen LogP contribution in [0.1, 0.15) is 50.3 Å². The fourth-order valence-corrected chi connectivity index (χ4v) is 3.74. The van der Waals surface area contributed by atoms with Gasteiger partial charge in [0.1, 0.15) is 0 Å². The van der Waals surface area contributed by atoms with Crippen LogP contribution in [-0.4, -0.2) is 51.9 Å². The molecule has 1 aromatic heterocycles. The van der Waals surface area contributed by atoms with Gasteiger partial charge < -0.3 is 9.88 Å². The summed E-state index contributed by atoms with van der Waals surface area (Å²) in [7, 11) is 2.05. The van der Waals surface area contributed by atoms with Crippen molar-refractivity contribution in [3.8, 4) is 0 Å². The van der Waals surface area contributed by atoms with Gasteiger partial charge in [-0.05, 0) is 38.8 Å². The number of carbonyl (C=O) groups excluding carboxylic acids is 1. The Kier molecular flexibility index (Phi) is 4.57. The molecule has 1 aliphatic heterocycles. The highest BCUT2D eigenvalue weighted by Gasteiger charge is 2.32. The second-order valence-corrected chi connectivity index (χ2v) is 6.43. The lowest BCUT2D eigenvalue weighted by Gasteiger charge is -2.29. The Morgan fingerprint density at radius 1 is 1.36 bits per heavy atom. The Bertz CT molecular complexity index is 580. The first-order chi connectivity index (χ1) is 10.6. The molecule has 0 spiro atoms. The molecule has 2 heterocycles. The van der Waals surface area contributed by atoms with E-state index < -0.39 is 0 Å². The number of aromatic amines is 1. The summed E-state index contributed by atoms with van der Waals surface area (Å²) in [5, 5.41) is 0. The second kappa shape index (κ2) is 6.60. The van der Waals surface area contributed by atoms with E-state index in [1.54, 1.807) is 6.07 Å². The zero-order chi connectivity index (χ0) is 15.5. The monoisotopic (exact) mass is 304 g/mol. The molecule has 1 aromatic rings. The van der Waals surface area contributed by atoms with Crippen LogP contribution in [0.5, 0.6) is 0 Å². The molecule has 22 heavy (non-hydrogen) atoms. The maximum Gasteiger partial charge on any atom is 0.345 e. The lowest BCUT2D eigenvalue weighted by Crippen LogP contribution is -2.42. The Morgan fingerprint density at radius 3 is 2.86 bits per heavy atom. The molecule has 1 saturated heterocycles. The van der Waals surface area contributed by atoms with Crippen LogP contribution in [0.25, 0.3) is 0 Å². The van der Waals surface area contributed by atoms with E-state index in [9.17, 15) is 9.59 Å². The van der Waals surface area contributed by atoms with Crippen LogP contribution in [0.2, 0.25) is 0 Å². The number of aromatic nitrogens is 2. The van der Waals surface area contributed by atoms with Crippen LogP contribution in [0.4, 0.5) is 0 Å². The van der Waals surface area contributed by atoms with E-state index >= 15 is 0 Å². The smallest absolute Gasteiger partial charge is 0.333 e. The number of likely N-dealkylation sites (N-methyl/N-ethyl adjacent to an activating group) is 1. The van der Waals surface area contributed by atoms with E-state index in [1.165, 1.54) is 31.9 Å². The van der Waals surface area contributed by atoms with Crippen molar-refractivity contribution in [2.75, 3.05) is 20.1 Å². The number of nitrogens with zero attached hydrogens (tertiary/aromatic N) is 3. The maximum absolute atomic E-state index is 12.7. The Balaban J connectivity index is 1.67. The SMILES string of the molecule is CN(CC(=O)N1CCC[C@H]1c1ccnc(=O)[nH]1)C1CCCC1. The largest absolute Gasteiger partial charge is 0.345 e. The predicted molar refractivity (Wildman–Crippen MR) is 83.4 cm³/mol. The molecule has 0 radical (unpaired) electrons. The van der Waals surface area contributed by atoms with Crippen molar-refractivity contribution in [1.82, 2.24) is 19.8 Å². The van der Waals surface area contributed by atoms with Gasteiger partial charge in [-0.2, -0.15) is 0 Å². The van der Waals surface area contributed by atoms with E-state index in [4.69, 9.17) is 0 Å². The van der Waals surface area contributed by atoms with Crippen molar-refractivity contribution < 1.29 is 4.79 Å². The van der Waals surface area contributed by atoms with E-state index in [-0.39, 0.29) is 17.6 Å². The van der Waals surface area contributed by atoms with Crippen LogP contribution in [-0.2, 0) is 4.79 Å². The molecule has 120 valence electrons. The number of H-pyrrole nitrogens is 1. The molecule has 6 heteroatoms.